The van der Waals surface area contributed by atoms with Crippen molar-refractivity contribution in [3.63, 3.8) is 0 Å². The van der Waals surface area contributed by atoms with Crippen molar-refractivity contribution in [2.75, 3.05) is 0 Å². The van der Waals surface area contributed by atoms with Gasteiger partial charge in [-0.3, -0.25) is 4.79 Å². The maximum absolute atomic E-state index is 12.9. The molecule has 0 heterocycles. The number of ketones is 1. The number of rotatable bonds is 1. The Morgan fingerprint density at radius 3 is 2.57 bits per heavy atom. The molecule has 2 aliphatic rings. The number of carbonyl (C=O) groups is 1. The quantitative estimate of drug-likeness (QED) is 0.721. The molecule has 0 aliphatic heterocycles. The molecule has 0 fully saturated rings. The molecule has 4 rings (SSSR count). The summed E-state index contributed by atoms with van der Waals surface area (Å²) in [6.45, 7) is 1.99. The van der Waals surface area contributed by atoms with E-state index in [0.717, 1.165) is 47.1 Å². The topological polar surface area (TPSA) is 40.9 Å². The lowest BCUT2D eigenvalue weighted by Crippen LogP contribution is -2.24. The second kappa shape index (κ2) is 4.93. The summed E-state index contributed by atoms with van der Waals surface area (Å²) in [6, 6.07) is 14.2. The second-order valence-electron chi connectivity index (χ2n) is 6.74. The Labute approximate surface area is 136 Å². The van der Waals surface area contributed by atoms with E-state index >= 15 is 0 Å². The summed E-state index contributed by atoms with van der Waals surface area (Å²) in [7, 11) is 0. The highest BCUT2D eigenvalue weighted by molar-refractivity contribution is 6.06. The average molecular weight is 299 g/mol. The fourth-order valence-electron chi connectivity index (χ4n) is 3.90. The van der Waals surface area contributed by atoms with Gasteiger partial charge < -0.3 is 0 Å². The molecule has 0 unspecified atom stereocenters. The minimum Gasteiger partial charge on any atom is -0.294 e. The molecule has 0 bridgehead atoms. The molecule has 2 aromatic rings. The fraction of sp³-hybridized carbons (Fsp3) is 0.238. The van der Waals surface area contributed by atoms with Gasteiger partial charge in [0.15, 0.2) is 5.78 Å². The molecule has 2 heteroatoms. The SMILES string of the molecule is Cc1cc(C#N)cc(-c2ccc3c(c2)C(=O)C2(CC=CC2)C3)c1. The fourth-order valence-corrected chi connectivity index (χ4v) is 3.90. The number of carbonyl (C=O) groups excluding carboxylic acids is 1. The lowest BCUT2D eigenvalue weighted by molar-refractivity contribution is 0.0835. The number of aryl methyl sites for hydroxylation is 1. The molecule has 0 saturated carbocycles. The monoisotopic (exact) mass is 299 g/mol. The van der Waals surface area contributed by atoms with Gasteiger partial charge in [0.2, 0.25) is 0 Å². The molecule has 0 N–H and O–H groups in total. The summed E-state index contributed by atoms with van der Waals surface area (Å²) >= 11 is 0. The van der Waals surface area contributed by atoms with Gasteiger partial charge in [0, 0.05) is 11.0 Å². The van der Waals surface area contributed by atoms with Crippen molar-refractivity contribution in [3.8, 4) is 17.2 Å². The number of hydrogen-bond acceptors (Lipinski definition) is 2. The first-order valence-corrected chi connectivity index (χ1v) is 7.96. The normalized spacial score (nSPS) is 17.5. The lowest BCUT2D eigenvalue weighted by Gasteiger charge is -2.19. The Morgan fingerprint density at radius 1 is 1.04 bits per heavy atom. The summed E-state index contributed by atoms with van der Waals surface area (Å²) in [5, 5.41) is 9.16. The van der Waals surface area contributed by atoms with Gasteiger partial charge in [-0.25, -0.2) is 0 Å². The molecular weight excluding hydrogens is 282 g/mol. The van der Waals surface area contributed by atoms with Crippen molar-refractivity contribution in [2.24, 2.45) is 5.41 Å². The van der Waals surface area contributed by atoms with Crippen LogP contribution in [0.5, 0.6) is 0 Å². The number of nitriles is 1. The van der Waals surface area contributed by atoms with Crippen molar-refractivity contribution in [1.29, 1.82) is 5.26 Å². The summed E-state index contributed by atoms with van der Waals surface area (Å²) in [4.78, 5) is 12.9. The Hall–Kier alpha value is -2.66. The smallest absolute Gasteiger partial charge is 0.170 e. The van der Waals surface area contributed by atoms with Crippen LogP contribution in [-0.2, 0) is 6.42 Å². The van der Waals surface area contributed by atoms with Gasteiger partial charge in [-0.2, -0.15) is 5.26 Å². The first-order chi connectivity index (χ1) is 11.1. The molecule has 112 valence electrons. The van der Waals surface area contributed by atoms with Crippen molar-refractivity contribution in [1.82, 2.24) is 0 Å². The van der Waals surface area contributed by atoms with Crippen LogP contribution in [0.2, 0.25) is 0 Å². The number of nitrogens with zero attached hydrogens (tertiary/aromatic N) is 1. The summed E-state index contributed by atoms with van der Waals surface area (Å²) in [5.74, 6) is 0.285. The van der Waals surface area contributed by atoms with Crippen LogP contribution in [0.1, 0.15) is 39.9 Å². The van der Waals surface area contributed by atoms with Crippen LogP contribution in [0, 0.1) is 23.7 Å². The molecule has 2 aromatic carbocycles. The Balaban J connectivity index is 1.78. The molecule has 0 atom stereocenters. The number of hydrogen-bond donors (Lipinski definition) is 0. The minimum atomic E-state index is -0.217. The van der Waals surface area contributed by atoms with Crippen molar-refractivity contribution in [2.45, 2.75) is 26.2 Å². The van der Waals surface area contributed by atoms with Crippen LogP contribution in [0.3, 0.4) is 0 Å². The van der Waals surface area contributed by atoms with Crippen molar-refractivity contribution in [3.05, 3.63) is 70.8 Å². The highest BCUT2D eigenvalue weighted by atomic mass is 16.1. The predicted octanol–water partition coefficient (Wildman–Crippen LogP) is 4.61. The van der Waals surface area contributed by atoms with Gasteiger partial charge in [-0.05, 0) is 66.6 Å². The van der Waals surface area contributed by atoms with E-state index in [2.05, 4.69) is 36.4 Å². The first kappa shape index (κ1) is 14.0. The van der Waals surface area contributed by atoms with E-state index in [9.17, 15) is 4.79 Å². The first-order valence-electron chi connectivity index (χ1n) is 7.96. The van der Waals surface area contributed by atoms with E-state index < -0.39 is 0 Å². The molecule has 0 radical (unpaired) electrons. The minimum absolute atomic E-state index is 0.217. The maximum Gasteiger partial charge on any atom is 0.170 e. The van der Waals surface area contributed by atoms with Crippen LogP contribution in [0.4, 0.5) is 0 Å². The Morgan fingerprint density at radius 2 is 1.83 bits per heavy atom. The van der Waals surface area contributed by atoms with Crippen LogP contribution >= 0.6 is 0 Å². The largest absolute Gasteiger partial charge is 0.294 e. The third-order valence-electron chi connectivity index (χ3n) is 5.09. The number of benzene rings is 2. The Kier molecular flexibility index (Phi) is 2.99. The third kappa shape index (κ3) is 2.12. The van der Waals surface area contributed by atoms with Gasteiger partial charge in [-0.1, -0.05) is 30.4 Å². The van der Waals surface area contributed by atoms with E-state index in [-0.39, 0.29) is 11.2 Å². The molecule has 23 heavy (non-hydrogen) atoms. The molecule has 2 aliphatic carbocycles. The summed E-state index contributed by atoms with van der Waals surface area (Å²) in [5.41, 5.74) is 5.54. The second-order valence-corrected chi connectivity index (χ2v) is 6.74. The van der Waals surface area contributed by atoms with Gasteiger partial charge >= 0.3 is 0 Å². The van der Waals surface area contributed by atoms with Crippen LogP contribution < -0.4 is 0 Å². The molecule has 2 nitrogen and oxygen atoms in total. The number of allylic oxidation sites excluding steroid dienone is 2. The molecule has 0 aromatic heterocycles. The van der Waals surface area contributed by atoms with Crippen LogP contribution in [0.25, 0.3) is 11.1 Å². The number of Topliss-reactive ketones (excluding diaryl/α,β-unsaturated/α-hetero) is 1. The third-order valence-corrected chi connectivity index (χ3v) is 5.09. The van der Waals surface area contributed by atoms with Gasteiger partial charge in [0.25, 0.3) is 0 Å². The summed E-state index contributed by atoms with van der Waals surface area (Å²) in [6.07, 6.45) is 6.83. The zero-order chi connectivity index (χ0) is 16.0. The zero-order valence-electron chi connectivity index (χ0n) is 13.1. The standard InChI is InChI=1S/C21H17NO/c1-14-8-15(13-22)10-18(9-14)16-4-5-17-12-21(6-2-3-7-21)20(23)19(17)11-16/h2-5,8-11H,6-7,12H2,1H3. The highest BCUT2D eigenvalue weighted by Gasteiger charge is 2.45. The maximum atomic E-state index is 12.9. The molecular formula is C21H17NO. The van der Waals surface area contributed by atoms with Gasteiger partial charge in [-0.15, -0.1) is 0 Å². The van der Waals surface area contributed by atoms with Crippen LogP contribution in [-0.4, -0.2) is 5.78 Å². The molecule has 0 saturated heterocycles. The van der Waals surface area contributed by atoms with E-state index in [1.54, 1.807) is 0 Å². The Bertz CT molecular complexity index is 891. The van der Waals surface area contributed by atoms with Gasteiger partial charge in [0.05, 0.1) is 11.6 Å². The van der Waals surface area contributed by atoms with E-state index in [0.29, 0.717) is 5.56 Å². The predicted molar refractivity (Wildman–Crippen MR) is 90.2 cm³/mol. The molecule has 0 amide bonds. The van der Waals surface area contributed by atoms with Crippen molar-refractivity contribution < 1.29 is 4.79 Å². The van der Waals surface area contributed by atoms with Gasteiger partial charge in [0.1, 0.15) is 0 Å². The van der Waals surface area contributed by atoms with Crippen LogP contribution in [0.15, 0.2) is 48.6 Å². The van der Waals surface area contributed by atoms with E-state index in [1.165, 1.54) is 0 Å². The van der Waals surface area contributed by atoms with E-state index in [1.807, 2.05) is 25.1 Å². The molecule has 1 spiro atoms. The van der Waals surface area contributed by atoms with E-state index in [4.69, 9.17) is 5.26 Å². The zero-order valence-corrected chi connectivity index (χ0v) is 13.1. The summed E-state index contributed by atoms with van der Waals surface area (Å²) < 4.78 is 0. The lowest BCUT2D eigenvalue weighted by atomic mass is 9.81. The number of fused-ring (bicyclic) bond motifs is 1. The highest BCUT2D eigenvalue weighted by Crippen LogP contribution is 2.46. The van der Waals surface area contributed by atoms with Crippen molar-refractivity contribution >= 4 is 5.78 Å². The average Bonchev–Trinajstić information content (AvgIpc) is 3.13.